The Labute approximate surface area is 101 Å². The lowest BCUT2D eigenvalue weighted by Crippen LogP contribution is -1.87. The van der Waals surface area contributed by atoms with E-state index in [-0.39, 0.29) is 0 Å². The molecule has 0 saturated carbocycles. The van der Waals surface area contributed by atoms with Gasteiger partial charge in [-0.05, 0) is 30.7 Å². The zero-order valence-corrected chi connectivity index (χ0v) is 10.6. The molecule has 0 saturated heterocycles. The van der Waals surface area contributed by atoms with Gasteiger partial charge in [-0.15, -0.1) is 23.4 Å². The summed E-state index contributed by atoms with van der Waals surface area (Å²) in [7, 11) is 1.72. The zero-order chi connectivity index (χ0) is 10.9. The number of rotatable bonds is 7. The second-order valence-electron chi connectivity index (χ2n) is 3.25. The fourth-order valence-corrected chi connectivity index (χ4v) is 2.52. The Morgan fingerprint density at radius 1 is 1.20 bits per heavy atom. The molecule has 1 rings (SSSR count). The molecule has 0 radical (unpaired) electrons. The van der Waals surface area contributed by atoms with Crippen molar-refractivity contribution in [3.8, 4) is 5.75 Å². The highest BCUT2D eigenvalue weighted by Gasteiger charge is 2.01. The largest absolute Gasteiger partial charge is 0.496 e. The van der Waals surface area contributed by atoms with E-state index in [2.05, 4.69) is 6.07 Å². The summed E-state index contributed by atoms with van der Waals surface area (Å²) in [6.45, 7) is 0. The summed E-state index contributed by atoms with van der Waals surface area (Å²) in [6, 6.07) is 8.14. The monoisotopic (exact) mass is 244 g/mol. The van der Waals surface area contributed by atoms with Gasteiger partial charge in [0.2, 0.25) is 0 Å². The lowest BCUT2D eigenvalue weighted by molar-refractivity contribution is 0.405. The first-order valence-electron chi connectivity index (χ1n) is 5.20. The summed E-state index contributed by atoms with van der Waals surface area (Å²) >= 11 is 7.47. The van der Waals surface area contributed by atoms with Crippen molar-refractivity contribution in [3.63, 3.8) is 0 Å². The summed E-state index contributed by atoms with van der Waals surface area (Å²) in [4.78, 5) is 1.23. The van der Waals surface area contributed by atoms with Crippen LogP contribution in [0.1, 0.15) is 19.3 Å². The fourth-order valence-electron chi connectivity index (χ4n) is 1.29. The number of ether oxygens (including phenoxy) is 1. The maximum absolute atomic E-state index is 5.62. The number of hydrogen-bond donors (Lipinski definition) is 0. The molecule has 1 aromatic rings. The lowest BCUT2D eigenvalue weighted by Gasteiger charge is -2.06. The first-order valence-corrected chi connectivity index (χ1v) is 6.72. The molecule has 0 N–H and O–H groups in total. The van der Waals surface area contributed by atoms with E-state index in [0.29, 0.717) is 0 Å². The van der Waals surface area contributed by atoms with Gasteiger partial charge in [-0.25, -0.2) is 0 Å². The van der Waals surface area contributed by atoms with Crippen LogP contribution in [-0.2, 0) is 0 Å². The summed E-state index contributed by atoms with van der Waals surface area (Å²) in [6.07, 6.45) is 3.55. The molecule has 0 spiro atoms. The van der Waals surface area contributed by atoms with E-state index >= 15 is 0 Å². The van der Waals surface area contributed by atoms with E-state index < -0.39 is 0 Å². The highest BCUT2D eigenvalue weighted by molar-refractivity contribution is 7.99. The quantitative estimate of drug-likeness (QED) is 0.404. The van der Waals surface area contributed by atoms with Gasteiger partial charge in [0.25, 0.3) is 0 Å². The van der Waals surface area contributed by atoms with Gasteiger partial charge in [0.15, 0.2) is 0 Å². The standard InChI is InChI=1S/C12H17ClOS/c1-14-11-7-3-4-8-12(11)15-10-6-2-5-9-13/h3-4,7-8H,2,5-6,9-10H2,1H3. The van der Waals surface area contributed by atoms with Crippen molar-refractivity contribution in [2.24, 2.45) is 0 Å². The van der Waals surface area contributed by atoms with Gasteiger partial charge in [-0.2, -0.15) is 0 Å². The van der Waals surface area contributed by atoms with Crippen LogP contribution in [0.5, 0.6) is 5.75 Å². The molecule has 0 aliphatic carbocycles. The van der Waals surface area contributed by atoms with E-state index in [1.165, 1.54) is 17.7 Å². The van der Waals surface area contributed by atoms with Crippen LogP contribution in [0.3, 0.4) is 0 Å². The first-order chi connectivity index (χ1) is 7.38. The second kappa shape index (κ2) is 7.89. The summed E-state index contributed by atoms with van der Waals surface area (Å²) < 4.78 is 5.28. The van der Waals surface area contributed by atoms with E-state index in [4.69, 9.17) is 16.3 Å². The number of thioether (sulfide) groups is 1. The molecular formula is C12H17ClOS. The molecule has 84 valence electrons. The van der Waals surface area contributed by atoms with E-state index in [1.54, 1.807) is 7.11 Å². The third-order valence-electron chi connectivity index (χ3n) is 2.10. The molecule has 0 heterocycles. The number of alkyl halides is 1. The Morgan fingerprint density at radius 3 is 2.73 bits per heavy atom. The lowest BCUT2D eigenvalue weighted by atomic mass is 10.3. The Hall–Kier alpha value is -0.340. The van der Waals surface area contributed by atoms with Crippen molar-refractivity contribution in [2.75, 3.05) is 18.7 Å². The minimum absolute atomic E-state index is 0.777. The van der Waals surface area contributed by atoms with Crippen molar-refractivity contribution in [3.05, 3.63) is 24.3 Å². The van der Waals surface area contributed by atoms with Gasteiger partial charge in [-0.3, -0.25) is 0 Å². The third kappa shape index (κ3) is 4.80. The zero-order valence-electron chi connectivity index (χ0n) is 9.04. The minimum atomic E-state index is 0.777. The van der Waals surface area contributed by atoms with Gasteiger partial charge in [0.1, 0.15) is 5.75 Å². The van der Waals surface area contributed by atoms with Gasteiger partial charge in [0, 0.05) is 10.8 Å². The average molecular weight is 245 g/mol. The molecule has 0 aromatic heterocycles. The molecule has 3 heteroatoms. The number of unbranched alkanes of at least 4 members (excludes halogenated alkanes) is 2. The Balaban J connectivity index is 2.30. The Morgan fingerprint density at radius 2 is 2.00 bits per heavy atom. The maximum atomic E-state index is 5.62. The molecule has 0 aliphatic heterocycles. The topological polar surface area (TPSA) is 9.23 Å². The van der Waals surface area contributed by atoms with E-state index in [1.807, 2.05) is 30.0 Å². The Kier molecular flexibility index (Phi) is 6.69. The van der Waals surface area contributed by atoms with Crippen LogP contribution in [0.2, 0.25) is 0 Å². The van der Waals surface area contributed by atoms with Gasteiger partial charge in [-0.1, -0.05) is 18.6 Å². The number of methoxy groups -OCH3 is 1. The van der Waals surface area contributed by atoms with Crippen molar-refractivity contribution >= 4 is 23.4 Å². The smallest absolute Gasteiger partial charge is 0.132 e. The molecule has 0 bridgehead atoms. The van der Waals surface area contributed by atoms with Crippen LogP contribution in [0.15, 0.2) is 29.2 Å². The minimum Gasteiger partial charge on any atom is -0.496 e. The second-order valence-corrected chi connectivity index (χ2v) is 4.76. The molecule has 1 nitrogen and oxygen atoms in total. The van der Waals surface area contributed by atoms with Crippen molar-refractivity contribution < 1.29 is 4.74 Å². The summed E-state index contributed by atoms with van der Waals surface area (Å²) in [5, 5.41) is 0. The highest BCUT2D eigenvalue weighted by atomic mass is 35.5. The normalized spacial score (nSPS) is 10.3. The summed E-state index contributed by atoms with van der Waals surface area (Å²) in [5.41, 5.74) is 0. The average Bonchev–Trinajstić information content (AvgIpc) is 2.29. The molecule has 0 unspecified atom stereocenters. The summed E-state index contributed by atoms with van der Waals surface area (Å²) in [5.74, 6) is 2.89. The third-order valence-corrected chi connectivity index (χ3v) is 3.51. The number of hydrogen-bond acceptors (Lipinski definition) is 2. The van der Waals surface area contributed by atoms with Crippen molar-refractivity contribution in [2.45, 2.75) is 24.2 Å². The molecule has 0 aliphatic rings. The molecule has 0 amide bonds. The number of para-hydroxylation sites is 1. The molecule has 0 atom stereocenters. The first kappa shape index (κ1) is 12.7. The molecular weight excluding hydrogens is 228 g/mol. The van der Waals surface area contributed by atoms with Gasteiger partial charge < -0.3 is 4.74 Å². The van der Waals surface area contributed by atoms with Gasteiger partial charge >= 0.3 is 0 Å². The van der Waals surface area contributed by atoms with Crippen LogP contribution < -0.4 is 4.74 Å². The predicted molar refractivity (Wildman–Crippen MR) is 68.3 cm³/mol. The molecule has 0 fully saturated rings. The number of halogens is 1. The van der Waals surface area contributed by atoms with Crippen molar-refractivity contribution in [1.82, 2.24) is 0 Å². The number of benzene rings is 1. The van der Waals surface area contributed by atoms with E-state index in [0.717, 1.165) is 23.8 Å². The van der Waals surface area contributed by atoms with Crippen molar-refractivity contribution in [1.29, 1.82) is 0 Å². The highest BCUT2D eigenvalue weighted by Crippen LogP contribution is 2.29. The Bertz CT molecular complexity index is 278. The van der Waals surface area contributed by atoms with E-state index in [9.17, 15) is 0 Å². The van der Waals surface area contributed by atoms with Crippen LogP contribution >= 0.6 is 23.4 Å². The SMILES string of the molecule is COc1ccccc1SCCCCCCl. The molecule has 15 heavy (non-hydrogen) atoms. The maximum Gasteiger partial charge on any atom is 0.132 e. The van der Waals surface area contributed by atoms with Gasteiger partial charge in [0.05, 0.1) is 7.11 Å². The predicted octanol–water partition coefficient (Wildman–Crippen LogP) is 4.20. The van der Waals surface area contributed by atoms with Crippen LogP contribution in [0, 0.1) is 0 Å². The fraction of sp³-hybridized carbons (Fsp3) is 0.500. The van der Waals surface area contributed by atoms with Crippen LogP contribution in [0.25, 0.3) is 0 Å². The molecule has 1 aromatic carbocycles. The van der Waals surface area contributed by atoms with Crippen LogP contribution in [0.4, 0.5) is 0 Å². The van der Waals surface area contributed by atoms with Crippen LogP contribution in [-0.4, -0.2) is 18.7 Å².